The quantitative estimate of drug-likeness (QED) is 0.845. The molecule has 2 rings (SSSR count). The Bertz CT molecular complexity index is 331. The highest BCUT2D eigenvalue weighted by Gasteiger charge is 2.23. The van der Waals surface area contributed by atoms with Crippen LogP contribution in [0.2, 0.25) is 0 Å². The first kappa shape index (κ1) is 11.5. The zero-order valence-electron chi connectivity index (χ0n) is 10.2. The van der Waals surface area contributed by atoms with E-state index in [4.69, 9.17) is 0 Å². The molecule has 1 aliphatic heterocycles. The van der Waals surface area contributed by atoms with E-state index in [-0.39, 0.29) is 6.61 Å². The standard InChI is InChI=1S/C14H21NO/c1-11(2)12-5-7-13(8-6-12)15-9-3-4-14(15)10-16/h5-8,11,14,16H,3-4,9-10H2,1-2H3. The second kappa shape index (κ2) is 4.88. The van der Waals surface area contributed by atoms with Gasteiger partial charge in [-0.15, -0.1) is 0 Å². The molecule has 2 nitrogen and oxygen atoms in total. The summed E-state index contributed by atoms with van der Waals surface area (Å²) in [6, 6.07) is 9.09. The first-order valence-electron chi connectivity index (χ1n) is 6.20. The van der Waals surface area contributed by atoms with Crippen LogP contribution in [0.15, 0.2) is 24.3 Å². The molecule has 1 aromatic rings. The van der Waals surface area contributed by atoms with Crippen LogP contribution in [0.1, 0.15) is 38.2 Å². The molecule has 1 aliphatic rings. The number of aliphatic hydroxyl groups excluding tert-OH is 1. The second-order valence-electron chi connectivity index (χ2n) is 4.92. The molecule has 2 heteroatoms. The highest BCUT2D eigenvalue weighted by atomic mass is 16.3. The molecule has 1 fully saturated rings. The minimum atomic E-state index is 0.270. The van der Waals surface area contributed by atoms with Crippen LogP contribution in [-0.4, -0.2) is 24.3 Å². The predicted molar refractivity (Wildman–Crippen MR) is 68.0 cm³/mol. The van der Waals surface area contributed by atoms with E-state index in [1.54, 1.807) is 0 Å². The van der Waals surface area contributed by atoms with E-state index in [0.717, 1.165) is 13.0 Å². The largest absolute Gasteiger partial charge is 0.394 e. The molecule has 88 valence electrons. The summed E-state index contributed by atoms with van der Waals surface area (Å²) in [6.45, 7) is 5.76. The van der Waals surface area contributed by atoms with Gasteiger partial charge in [0.15, 0.2) is 0 Å². The minimum absolute atomic E-state index is 0.270. The maximum atomic E-state index is 9.30. The molecule has 0 aliphatic carbocycles. The molecule has 0 bridgehead atoms. The van der Waals surface area contributed by atoms with Crippen LogP contribution in [-0.2, 0) is 0 Å². The number of hydrogen-bond donors (Lipinski definition) is 1. The van der Waals surface area contributed by atoms with E-state index < -0.39 is 0 Å². The van der Waals surface area contributed by atoms with Gasteiger partial charge in [0.25, 0.3) is 0 Å². The number of hydrogen-bond acceptors (Lipinski definition) is 2. The van der Waals surface area contributed by atoms with Gasteiger partial charge in [-0.05, 0) is 36.5 Å². The van der Waals surface area contributed by atoms with E-state index in [0.29, 0.717) is 12.0 Å². The van der Waals surface area contributed by atoms with Gasteiger partial charge < -0.3 is 10.0 Å². The average molecular weight is 219 g/mol. The Morgan fingerprint density at radius 2 is 2.00 bits per heavy atom. The molecule has 0 radical (unpaired) electrons. The van der Waals surface area contributed by atoms with E-state index >= 15 is 0 Å². The molecule has 0 saturated carbocycles. The maximum Gasteiger partial charge on any atom is 0.0635 e. The van der Waals surface area contributed by atoms with Crippen molar-refractivity contribution in [2.24, 2.45) is 0 Å². The molecule has 0 aromatic heterocycles. The smallest absolute Gasteiger partial charge is 0.0635 e. The predicted octanol–water partition coefficient (Wildman–Crippen LogP) is 2.77. The van der Waals surface area contributed by atoms with Crippen molar-refractivity contribution in [3.63, 3.8) is 0 Å². The van der Waals surface area contributed by atoms with Gasteiger partial charge in [0.2, 0.25) is 0 Å². The van der Waals surface area contributed by atoms with Crippen molar-refractivity contribution in [2.45, 2.75) is 38.6 Å². The van der Waals surface area contributed by atoms with E-state index in [2.05, 4.69) is 43.0 Å². The molecule has 1 N–H and O–H groups in total. The SMILES string of the molecule is CC(C)c1ccc(N2CCCC2CO)cc1. The Morgan fingerprint density at radius 3 is 2.56 bits per heavy atom. The molecule has 1 unspecified atom stereocenters. The van der Waals surface area contributed by atoms with Crippen LogP contribution in [0, 0.1) is 0 Å². The van der Waals surface area contributed by atoms with Crippen molar-refractivity contribution < 1.29 is 5.11 Å². The zero-order chi connectivity index (χ0) is 11.5. The highest BCUT2D eigenvalue weighted by Crippen LogP contribution is 2.26. The lowest BCUT2D eigenvalue weighted by Gasteiger charge is -2.25. The summed E-state index contributed by atoms with van der Waals surface area (Å²) in [4.78, 5) is 2.32. The van der Waals surface area contributed by atoms with Crippen molar-refractivity contribution >= 4 is 5.69 Å². The van der Waals surface area contributed by atoms with Crippen LogP contribution in [0.4, 0.5) is 5.69 Å². The van der Waals surface area contributed by atoms with Crippen molar-refractivity contribution in [2.75, 3.05) is 18.1 Å². The third kappa shape index (κ3) is 2.22. The molecule has 1 atom stereocenters. The first-order valence-corrected chi connectivity index (χ1v) is 6.20. The first-order chi connectivity index (χ1) is 7.72. The van der Waals surface area contributed by atoms with Crippen molar-refractivity contribution in [1.29, 1.82) is 0 Å². The Balaban J connectivity index is 2.15. The van der Waals surface area contributed by atoms with Gasteiger partial charge in [0.05, 0.1) is 12.6 Å². The normalized spacial score (nSPS) is 20.8. The monoisotopic (exact) mass is 219 g/mol. The molecule has 16 heavy (non-hydrogen) atoms. The number of nitrogens with zero attached hydrogens (tertiary/aromatic N) is 1. The Morgan fingerprint density at radius 1 is 1.31 bits per heavy atom. The third-order valence-electron chi connectivity index (χ3n) is 3.48. The lowest BCUT2D eigenvalue weighted by atomic mass is 10.0. The van der Waals surface area contributed by atoms with Gasteiger partial charge in [-0.25, -0.2) is 0 Å². The van der Waals surface area contributed by atoms with E-state index in [9.17, 15) is 5.11 Å². The van der Waals surface area contributed by atoms with Gasteiger partial charge in [-0.1, -0.05) is 26.0 Å². The van der Waals surface area contributed by atoms with Crippen LogP contribution in [0.3, 0.4) is 0 Å². The fourth-order valence-corrected chi connectivity index (χ4v) is 2.42. The van der Waals surface area contributed by atoms with Gasteiger partial charge in [0.1, 0.15) is 0 Å². The summed E-state index contributed by atoms with van der Waals surface area (Å²) in [5.74, 6) is 0.585. The summed E-state index contributed by atoms with van der Waals surface area (Å²) in [7, 11) is 0. The highest BCUT2D eigenvalue weighted by molar-refractivity contribution is 5.49. The van der Waals surface area contributed by atoms with Crippen LogP contribution < -0.4 is 4.90 Å². The van der Waals surface area contributed by atoms with Crippen molar-refractivity contribution in [3.8, 4) is 0 Å². The van der Waals surface area contributed by atoms with Gasteiger partial charge >= 0.3 is 0 Å². The van der Waals surface area contributed by atoms with Crippen molar-refractivity contribution in [1.82, 2.24) is 0 Å². The zero-order valence-corrected chi connectivity index (χ0v) is 10.2. The number of rotatable bonds is 3. The summed E-state index contributed by atoms with van der Waals surface area (Å²) in [5.41, 5.74) is 2.63. The van der Waals surface area contributed by atoms with Crippen molar-refractivity contribution in [3.05, 3.63) is 29.8 Å². The Labute approximate surface area is 97.9 Å². The molecule has 1 aromatic carbocycles. The maximum absolute atomic E-state index is 9.30. The number of benzene rings is 1. The second-order valence-corrected chi connectivity index (χ2v) is 4.92. The fraction of sp³-hybridized carbons (Fsp3) is 0.571. The Kier molecular flexibility index (Phi) is 3.49. The molecular formula is C14H21NO. The molecule has 0 amide bonds. The van der Waals surface area contributed by atoms with Gasteiger partial charge in [-0.2, -0.15) is 0 Å². The fourth-order valence-electron chi connectivity index (χ4n) is 2.42. The Hall–Kier alpha value is -1.02. The lowest BCUT2D eigenvalue weighted by Crippen LogP contribution is -2.31. The summed E-state index contributed by atoms with van der Waals surface area (Å²) < 4.78 is 0. The minimum Gasteiger partial charge on any atom is -0.394 e. The lowest BCUT2D eigenvalue weighted by molar-refractivity contribution is 0.266. The molecular weight excluding hydrogens is 198 g/mol. The van der Waals surface area contributed by atoms with Gasteiger partial charge in [-0.3, -0.25) is 0 Å². The van der Waals surface area contributed by atoms with Crippen LogP contribution in [0.5, 0.6) is 0 Å². The van der Waals surface area contributed by atoms with E-state index in [1.807, 2.05) is 0 Å². The number of anilines is 1. The summed E-state index contributed by atoms with van der Waals surface area (Å²) in [5, 5.41) is 9.30. The summed E-state index contributed by atoms with van der Waals surface area (Å²) >= 11 is 0. The molecule has 1 heterocycles. The van der Waals surface area contributed by atoms with Gasteiger partial charge in [0, 0.05) is 12.2 Å². The topological polar surface area (TPSA) is 23.5 Å². The van der Waals surface area contributed by atoms with Crippen LogP contribution in [0.25, 0.3) is 0 Å². The average Bonchev–Trinajstić information content (AvgIpc) is 2.77. The third-order valence-corrected chi connectivity index (χ3v) is 3.48. The molecule has 1 saturated heterocycles. The van der Waals surface area contributed by atoms with E-state index in [1.165, 1.54) is 17.7 Å². The van der Waals surface area contributed by atoms with Crippen LogP contribution >= 0.6 is 0 Å². The molecule has 0 spiro atoms. The number of aliphatic hydroxyl groups is 1. The summed E-state index contributed by atoms with van der Waals surface area (Å²) in [6.07, 6.45) is 2.31.